The molecule has 1 aromatic carbocycles. The lowest BCUT2D eigenvalue weighted by Crippen LogP contribution is -2.53. The first-order valence-electron chi connectivity index (χ1n) is 8.59. The zero-order chi connectivity index (χ0) is 17.7. The molecule has 2 atom stereocenters. The Morgan fingerprint density at radius 3 is 2.50 bits per heavy atom. The number of nitrogens with two attached hydrogens (primary N) is 1. The molecule has 0 aliphatic carbocycles. The van der Waals surface area contributed by atoms with Crippen LogP contribution in [0.1, 0.15) is 45.6 Å². The molecule has 0 saturated carbocycles. The number of amides is 2. The average Bonchev–Trinajstić information content (AvgIpc) is 2.52. The van der Waals surface area contributed by atoms with Gasteiger partial charge in [0.2, 0.25) is 5.91 Å². The largest absolute Gasteiger partial charge is 0.444 e. The number of hydrogen-bond donors (Lipinski definition) is 1. The van der Waals surface area contributed by atoms with Gasteiger partial charge in [0.1, 0.15) is 11.6 Å². The number of rotatable bonds is 4. The van der Waals surface area contributed by atoms with Crippen molar-refractivity contribution in [2.45, 2.75) is 58.1 Å². The lowest BCUT2D eigenvalue weighted by Gasteiger charge is -2.38. The number of ether oxygens (including phenoxy) is 1. The van der Waals surface area contributed by atoms with Crippen molar-refractivity contribution in [3.05, 3.63) is 35.9 Å². The molecule has 0 bridgehead atoms. The monoisotopic (exact) mass is 332 g/mol. The summed E-state index contributed by atoms with van der Waals surface area (Å²) in [6.45, 7) is 5.96. The maximum atomic E-state index is 12.3. The van der Waals surface area contributed by atoms with Crippen LogP contribution in [0.25, 0.3) is 0 Å². The van der Waals surface area contributed by atoms with Crippen LogP contribution in [-0.4, -0.2) is 35.1 Å². The fourth-order valence-corrected chi connectivity index (χ4v) is 3.12. The summed E-state index contributed by atoms with van der Waals surface area (Å²) in [6.07, 6.45) is 3.00. The van der Waals surface area contributed by atoms with Crippen LogP contribution < -0.4 is 5.73 Å². The molecule has 132 valence electrons. The van der Waals surface area contributed by atoms with Crippen LogP contribution >= 0.6 is 0 Å². The minimum Gasteiger partial charge on any atom is -0.444 e. The van der Waals surface area contributed by atoms with Crippen LogP contribution in [-0.2, 0) is 16.0 Å². The van der Waals surface area contributed by atoms with Gasteiger partial charge in [-0.15, -0.1) is 0 Å². The molecule has 1 aliphatic heterocycles. The zero-order valence-corrected chi connectivity index (χ0v) is 14.8. The molecule has 24 heavy (non-hydrogen) atoms. The van der Waals surface area contributed by atoms with Gasteiger partial charge in [-0.25, -0.2) is 4.79 Å². The number of benzene rings is 1. The summed E-state index contributed by atoms with van der Waals surface area (Å²) in [7, 11) is 0. The molecule has 0 aromatic heterocycles. The fourth-order valence-electron chi connectivity index (χ4n) is 3.12. The number of aryl methyl sites for hydroxylation is 1. The number of piperidine rings is 1. The maximum Gasteiger partial charge on any atom is 0.410 e. The van der Waals surface area contributed by atoms with Gasteiger partial charge in [0, 0.05) is 6.54 Å². The van der Waals surface area contributed by atoms with Crippen molar-refractivity contribution < 1.29 is 14.3 Å². The Kier molecular flexibility index (Phi) is 5.86. The van der Waals surface area contributed by atoms with E-state index in [-0.39, 0.29) is 0 Å². The lowest BCUT2D eigenvalue weighted by atomic mass is 9.86. The van der Waals surface area contributed by atoms with Gasteiger partial charge in [-0.3, -0.25) is 9.69 Å². The molecule has 0 spiro atoms. The number of primary amides is 1. The molecule has 2 amide bonds. The molecule has 0 radical (unpaired) electrons. The van der Waals surface area contributed by atoms with Crippen LogP contribution in [0.15, 0.2) is 30.3 Å². The quantitative estimate of drug-likeness (QED) is 0.920. The Balaban J connectivity index is 1.95. The van der Waals surface area contributed by atoms with Gasteiger partial charge in [0.05, 0.1) is 0 Å². The molecule has 1 fully saturated rings. The van der Waals surface area contributed by atoms with E-state index in [0.29, 0.717) is 18.9 Å². The molecule has 5 heteroatoms. The highest BCUT2D eigenvalue weighted by molar-refractivity contribution is 5.84. The van der Waals surface area contributed by atoms with Crippen molar-refractivity contribution in [2.24, 2.45) is 11.7 Å². The molecular weight excluding hydrogens is 304 g/mol. The first-order valence-corrected chi connectivity index (χ1v) is 8.59. The highest BCUT2D eigenvalue weighted by atomic mass is 16.6. The molecule has 1 aromatic rings. The Labute approximate surface area is 144 Å². The van der Waals surface area contributed by atoms with Gasteiger partial charge >= 0.3 is 6.09 Å². The smallest absolute Gasteiger partial charge is 0.410 e. The second-order valence-electron chi connectivity index (χ2n) is 7.51. The van der Waals surface area contributed by atoms with E-state index in [4.69, 9.17) is 10.5 Å². The number of nitrogens with zero attached hydrogens (tertiary/aromatic N) is 1. The van der Waals surface area contributed by atoms with Crippen molar-refractivity contribution in [2.75, 3.05) is 6.54 Å². The Bertz CT molecular complexity index is 566. The average molecular weight is 332 g/mol. The number of carbonyl (C=O) groups is 2. The van der Waals surface area contributed by atoms with Gasteiger partial charge in [0.25, 0.3) is 0 Å². The van der Waals surface area contributed by atoms with E-state index in [2.05, 4.69) is 12.1 Å². The second-order valence-corrected chi connectivity index (χ2v) is 7.51. The van der Waals surface area contributed by atoms with Crippen molar-refractivity contribution in [3.63, 3.8) is 0 Å². The Morgan fingerprint density at radius 1 is 1.25 bits per heavy atom. The third-order valence-corrected chi connectivity index (χ3v) is 4.35. The van der Waals surface area contributed by atoms with E-state index in [1.807, 2.05) is 39.0 Å². The molecule has 5 nitrogen and oxygen atoms in total. The molecular formula is C19H28N2O3. The van der Waals surface area contributed by atoms with Crippen LogP contribution in [0.4, 0.5) is 4.79 Å². The first kappa shape index (κ1) is 18.3. The molecule has 1 aliphatic rings. The topological polar surface area (TPSA) is 72.6 Å². The van der Waals surface area contributed by atoms with Crippen LogP contribution in [0, 0.1) is 5.92 Å². The van der Waals surface area contributed by atoms with Gasteiger partial charge in [-0.1, -0.05) is 30.3 Å². The van der Waals surface area contributed by atoms with Crippen LogP contribution in [0.2, 0.25) is 0 Å². The number of carbonyl (C=O) groups excluding carboxylic acids is 2. The lowest BCUT2D eigenvalue weighted by molar-refractivity contribution is -0.125. The van der Waals surface area contributed by atoms with Crippen molar-refractivity contribution in [1.29, 1.82) is 0 Å². The van der Waals surface area contributed by atoms with Crippen molar-refractivity contribution in [3.8, 4) is 0 Å². The van der Waals surface area contributed by atoms with E-state index in [9.17, 15) is 9.59 Å². The Morgan fingerprint density at radius 2 is 1.92 bits per heavy atom. The molecule has 2 N–H and O–H groups in total. The SMILES string of the molecule is CC(C)(C)OC(=O)N1CCC(CCc2ccccc2)CC1C(N)=O. The number of hydrogen-bond acceptors (Lipinski definition) is 3. The summed E-state index contributed by atoms with van der Waals surface area (Å²) in [5.41, 5.74) is 6.25. The molecule has 1 saturated heterocycles. The predicted molar refractivity (Wildman–Crippen MR) is 93.4 cm³/mol. The minimum atomic E-state index is -0.580. The van der Waals surface area contributed by atoms with E-state index in [0.717, 1.165) is 19.3 Å². The van der Waals surface area contributed by atoms with Gasteiger partial charge in [-0.05, 0) is 57.9 Å². The van der Waals surface area contributed by atoms with Gasteiger partial charge in [0.15, 0.2) is 0 Å². The summed E-state index contributed by atoms with van der Waals surface area (Å²) < 4.78 is 5.40. The van der Waals surface area contributed by atoms with Crippen molar-refractivity contribution in [1.82, 2.24) is 4.90 Å². The summed E-state index contributed by atoms with van der Waals surface area (Å²) in [5, 5.41) is 0. The van der Waals surface area contributed by atoms with Gasteiger partial charge in [-0.2, -0.15) is 0 Å². The summed E-state index contributed by atoms with van der Waals surface area (Å²) in [5.74, 6) is -0.0633. The summed E-state index contributed by atoms with van der Waals surface area (Å²) in [6, 6.07) is 9.72. The molecule has 2 rings (SSSR count). The standard InChI is InChI=1S/C19H28N2O3/c1-19(2,3)24-18(23)21-12-11-15(13-16(21)17(20)22)10-9-14-7-5-4-6-8-14/h4-8,15-16H,9-13H2,1-3H3,(H2,20,22). The minimum absolute atomic E-state index is 0.390. The molecule has 2 unspecified atom stereocenters. The zero-order valence-electron chi connectivity index (χ0n) is 14.8. The van der Waals surface area contributed by atoms with E-state index in [1.165, 1.54) is 10.5 Å². The highest BCUT2D eigenvalue weighted by Gasteiger charge is 2.37. The maximum absolute atomic E-state index is 12.3. The number of likely N-dealkylation sites (tertiary alicyclic amines) is 1. The Hall–Kier alpha value is -2.04. The fraction of sp³-hybridized carbons (Fsp3) is 0.579. The van der Waals surface area contributed by atoms with Gasteiger partial charge < -0.3 is 10.5 Å². The van der Waals surface area contributed by atoms with E-state index in [1.54, 1.807) is 0 Å². The van der Waals surface area contributed by atoms with E-state index < -0.39 is 23.6 Å². The van der Waals surface area contributed by atoms with Crippen LogP contribution in [0.5, 0.6) is 0 Å². The van der Waals surface area contributed by atoms with Crippen molar-refractivity contribution >= 4 is 12.0 Å². The third-order valence-electron chi connectivity index (χ3n) is 4.35. The summed E-state index contributed by atoms with van der Waals surface area (Å²) in [4.78, 5) is 25.6. The van der Waals surface area contributed by atoms with Crippen LogP contribution in [0.3, 0.4) is 0 Å². The molecule has 1 heterocycles. The normalized spacial score (nSPS) is 21.4. The second kappa shape index (κ2) is 7.69. The highest BCUT2D eigenvalue weighted by Crippen LogP contribution is 2.28. The predicted octanol–water partition coefficient (Wildman–Crippen LogP) is 3.12. The first-order chi connectivity index (χ1) is 11.3. The van der Waals surface area contributed by atoms with E-state index >= 15 is 0 Å². The summed E-state index contributed by atoms with van der Waals surface area (Å²) >= 11 is 0. The third kappa shape index (κ3) is 5.25.